The summed E-state index contributed by atoms with van der Waals surface area (Å²) in [6.45, 7) is 2.23. The SMILES string of the molecule is NCC1(CC(=O)NCCCOCCO)CCCCC1. The summed E-state index contributed by atoms with van der Waals surface area (Å²) < 4.78 is 5.13. The van der Waals surface area contributed by atoms with E-state index in [1.807, 2.05) is 0 Å². The van der Waals surface area contributed by atoms with Gasteiger partial charge in [-0.05, 0) is 31.2 Å². The van der Waals surface area contributed by atoms with E-state index in [4.69, 9.17) is 15.6 Å². The summed E-state index contributed by atoms with van der Waals surface area (Å²) in [5.74, 6) is 0.106. The second kappa shape index (κ2) is 9.28. The fourth-order valence-electron chi connectivity index (χ4n) is 2.73. The van der Waals surface area contributed by atoms with Gasteiger partial charge in [0, 0.05) is 19.6 Å². The number of aliphatic hydroxyl groups excluding tert-OH is 1. The maximum absolute atomic E-state index is 11.9. The summed E-state index contributed by atoms with van der Waals surface area (Å²) in [6, 6.07) is 0. The first kappa shape index (κ1) is 16.4. The first-order valence-corrected chi connectivity index (χ1v) is 7.38. The Balaban J connectivity index is 2.15. The highest BCUT2D eigenvalue weighted by atomic mass is 16.5. The van der Waals surface area contributed by atoms with Crippen molar-refractivity contribution in [1.82, 2.24) is 5.32 Å². The molecule has 1 rings (SSSR count). The van der Waals surface area contributed by atoms with Crippen molar-refractivity contribution in [2.75, 3.05) is 32.9 Å². The third-order valence-corrected chi connectivity index (χ3v) is 3.91. The van der Waals surface area contributed by atoms with Crippen LogP contribution in [0.15, 0.2) is 0 Å². The lowest BCUT2D eigenvalue weighted by atomic mass is 9.71. The lowest BCUT2D eigenvalue weighted by Crippen LogP contribution is -2.39. The van der Waals surface area contributed by atoms with E-state index in [0.717, 1.165) is 19.3 Å². The van der Waals surface area contributed by atoms with E-state index in [-0.39, 0.29) is 17.9 Å². The zero-order valence-corrected chi connectivity index (χ0v) is 11.8. The van der Waals surface area contributed by atoms with Crippen LogP contribution in [0.5, 0.6) is 0 Å². The van der Waals surface area contributed by atoms with Gasteiger partial charge in [-0.2, -0.15) is 0 Å². The van der Waals surface area contributed by atoms with Gasteiger partial charge in [-0.3, -0.25) is 4.79 Å². The number of carbonyl (C=O) groups is 1. The fourth-order valence-corrected chi connectivity index (χ4v) is 2.73. The van der Waals surface area contributed by atoms with E-state index in [1.165, 1.54) is 19.3 Å². The third kappa shape index (κ3) is 6.36. The molecular weight excluding hydrogens is 244 g/mol. The van der Waals surface area contributed by atoms with Crippen LogP contribution in [0.1, 0.15) is 44.9 Å². The predicted octanol–water partition coefficient (Wildman–Crippen LogP) is 0.801. The average Bonchev–Trinajstić information content (AvgIpc) is 2.43. The molecule has 0 aromatic heterocycles. The molecule has 0 aliphatic heterocycles. The van der Waals surface area contributed by atoms with Gasteiger partial charge in [-0.25, -0.2) is 0 Å². The van der Waals surface area contributed by atoms with E-state index in [9.17, 15) is 4.79 Å². The van der Waals surface area contributed by atoms with Crippen molar-refractivity contribution >= 4 is 5.91 Å². The molecule has 112 valence electrons. The maximum atomic E-state index is 11.9. The summed E-state index contributed by atoms with van der Waals surface area (Å²) in [5.41, 5.74) is 5.91. The first-order valence-electron chi connectivity index (χ1n) is 7.38. The Kier molecular flexibility index (Phi) is 8.02. The van der Waals surface area contributed by atoms with Crippen molar-refractivity contribution < 1.29 is 14.6 Å². The van der Waals surface area contributed by atoms with Crippen LogP contribution in [0.2, 0.25) is 0 Å². The molecule has 0 radical (unpaired) electrons. The predicted molar refractivity (Wildman–Crippen MR) is 74.7 cm³/mol. The highest BCUT2D eigenvalue weighted by molar-refractivity contribution is 5.76. The Morgan fingerprint density at radius 2 is 2.00 bits per heavy atom. The molecule has 1 saturated carbocycles. The van der Waals surface area contributed by atoms with E-state index in [0.29, 0.717) is 32.7 Å². The molecule has 0 atom stereocenters. The van der Waals surface area contributed by atoms with Gasteiger partial charge in [0.1, 0.15) is 0 Å². The molecule has 1 fully saturated rings. The summed E-state index contributed by atoms with van der Waals surface area (Å²) in [7, 11) is 0. The Morgan fingerprint density at radius 1 is 1.26 bits per heavy atom. The zero-order chi connectivity index (χ0) is 14.0. The molecule has 0 spiro atoms. The second-order valence-corrected chi connectivity index (χ2v) is 5.48. The van der Waals surface area contributed by atoms with Gasteiger partial charge in [0.05, 0.1) is 13.2 Å². The van der Waals surface area contributed by atoms with Gasteiger partial charge in [0.2, 0.25) is 5.91 Å². The number of nitrogens with one attached hydrogen (secondary N) is 1. The van der Waals surface area contributed by atoms with E-state index < -0.39 is 0 Å². The quantitative estimate of drug-likeness (QED) is 0.542. The minimum Gasteiger partial charge on any atom is -0.394 e. The second-order valence-electron chi connectivity index (χ2n) is 5.48. The normalized spacial score (nSPS) is 18.2. The van der Waals surface area contributed by atoms with Crippen LogP contribution in [0.25, 0.3) is 0 Å². The van der Waals surface area contributed by atoms with Crippen LogP contribution < -0.4 is 11.1 Å². The number of aliphatic hydroxyl groups is 1. The van der Waals surface area contributed by atoms with Crippen LogP contribution in [0.3, 0.4) is 0 Å². The molecule has 1 aliphatic rings. The van der Waals surface area contributed by atoms with Crippen molar-refractivity contribution in [1.29, 1.82) is 0 Å². The molecule has 0 unspecified atom stereocenters. The molecule has 0 aromatic rings. The molecule has 0 aromatic carbocycles. The summed E-state index contributed by atoms with van der Waals surface area (Å²) >= 11 is 0. The van der Waals surface area contributed by atoms with Crippen molar-refractivity contribution in [2.45, 2.75) is 44.9 Å². The van der Waals surface area contributed by atoms with Gasteiger partial charge in [0.15, 0.2) is 0 Å². The van der Waals surface area contributed by atoms with Gasteiger partial charge in [-0.15, -0.1) is 0 Å². The van der Waals surface area contributed by atoms with Crippen molar-refractivity contribution in [3.63, 3.8) is 0 Å². The Morgan fingerprint density at radius 3 is 2.63 bits per heavy atom. The lowest BCUT2D eigenvalue weighted by molar-refractivity contribution is -0.123. The number of amides is 1. The minimum absolute atomic E-state index is 0.0374. The molecule has 0 saturated heterocycles. The molecule has 19 heavy (non-hydrogen) atoms. The number of nitrogens with two attached hydrogens (primary N) is 1. The first-order chi connectivity index (χ1) is 9.22. The van der Waals surface area contributed by atoms with Gasteiger partial charge >= 0.3 is 0 Å². The van der Waals surface area contributed by atoms with Crippen molar-refractivity contribution in [3.8, 4) is 0 Å². The molecule has 4 N–H and O–H groups in total. The van der Waals surface area contributed by atoms with Crippen LogP contribution in [0.4, 0.5) is 0 Å². The Bertz CT molecular complexity index is 253. The van der Waals surface area contributed by atoms with Crippen molar-refractivity contribution in [3.05, 3.63) is 0 Å². The summed E-state index contributed by atoms with van der Waals surface area (Å²) in [4.78, 5) is 11.9. The third-order valence-electron chi connectivity index (χ3n) is 3.91. The van der Waals surface area contributed by atoms with Crippen LogP contribution in [0, 0.1) is 5.41 Å². The Hall–Kier alpha value is -0.650. The molecular formula is C14H28N2O3. The molecule has 0 heterocycles. The standard InChI is InChI=1S/C14H28N2O3/c15-12-14(5-2-1-3-6-14)11-13(18)16-7-4-9-19-10-8-17/h17H,1-12,15H2,(H,16,18). The van der Waals surface area contributed by atoms with Gasteiger partial charge in [-0.1, -0.05) is 19.3 Å². The van der Waals surface area contributed by atoms with Gasteiger partial charge in [0.25, 0.3) is 0 Å². The number of hydrogen-bond acceptors (Lipinski definition) is 4. The zero-order valence-electron chi connectivity index (χ0n) is 11.8. The lowest BCUT2D eigenvalue weighted by Gasteiger charge is -2.35. The number of ether oxygens (including phenoxy) is 1. The van der Waals surface area contributed by atoms with Gasteiger partial charge < -0.3 is 20.9 Å². The van der Waals surface area contributed by atoms with E-state index >= 15 is 0 Å². The molecule has 1 aliphatic carbocycles. The van der Waals surface area contributed by atoms with E-state index in [1.54, 1.807) is 0 Å². The molecule has 5 heteroatoms. The fraction of sp³-hybridized carbons (Fsp3) is 0.929. The highest BCUT2D eigenvalue weighted by Gasteiger charge is 2.32. The summed E-state index contributed by atoms with van der Waals surface area (Å²) in [5, 5.41) is 11.5. The van der Waals surface area contributed by atoms with Crippen molar-refractivity contribution in [2.24, 2.45) is 11.1 Å². The smallest absolute Gasteiger partial charge is 0.220 e. The Labute approximate surface area is 115 Å². The number of hydrogen-bond donors (Lipinski definition) is 3. The van der Waals surface area contributed by atoms with Crippen LogP contribution in [-0.4, -0.2) is 43.9 Å². The number of rotatable bonds is 9. The van der Waals surface area contributed by atoms with Crippen LogP contribution >= 0.6 is 0 Å². The average molecular weight is 272 g/mol. The minimum atomic E-state index is 0.0374. The topological polar surface area (TPSA) is 84.6 Å². The number of carbonyl (C=O) groups excluding carboxylic acids is 1. The molecule has 5 nitrogen and oxygen atoms in total. The maximum Gasteiger partial charge on any atom is 0.220 e. The highest BCUT2D eigenvalue weighted by Crippen LogP contribution is 2.38. The van der Waals surface area contributed by atoms with Crippen LogP contribution in [-0.2, 0) is 9.53 Å². The summed E-state index contributed by atoms with van der Waals surface area (Å²) in [6.07, 6.45) is 7.15. The molecule has 1 amide bonds. The van der Waals surface area contributed by atoms with E-state index in [2.05, 4.69) is 5.32 Å². The molecule has 0 bridgehead atoms. The largest absolute Gasteiger partial charge is 0.394 e. The monoisotopic (exact) mass is 272 g/mol.